The molecule has 0 N–H and O–H groups in total. The molecule has 1 aromatic carbocycles. The van der Waals surface area contributed by atoms with Crippen molar-refractivity contribution in [3.8, 4) is 17.0 Å². The highest BCUT2D eigenvalue weighted by Gasteiger charge is 2.31. The molecule has 2 nitrogen and oxygen atoms in total. The van der Waals surface area contributed by atoms with Gasteiger partial charge in [-0.05, 0) is 18.2 Å². The predicted octanol–water partition coefficient (Wildman–Crippen LogP) is 4.44. The molecular weight excluding hydrogens is 286 g/mol. The maximum absolute atomic E-state index is 12.8. The number of ether oxygens (including phenoxy) is 1. The van der Waals surface area contributed by atoms with Gasteiger partial charge in [0.1, 0.15) is 11.6 Å². The Morgan fingerprint density at radius 3 is 2.53 bits per heavy atom. The van der Waals surface area contributed by atoms with Crippen LogP contribution in [0.2, 0.25) is 5.02 Å². The van der Waals surface area contributed by atoms with E-state index in [-0.39, 0.29) is 10.7 Å². The molecule has 2 rings (SSSR count). The van der Waals surface area contributed by atoms with Gasteiger partial charge in [-0.15, -0.1) is 13.2 Å². The summed E-state index contributed by atoms with van der Waals surface area (Å²) in [5.74, 6) is -1.02. The second kappa shape index (κ2) is 5.05. The second-order valence-electron chi connectivity index (χ2n) is 3.56. The van der Waals surface area contributed by atoms with Gasteiger partial charge in [0.25, 0.3) is 0 Å². The lowest BCUT2D eigenvalue weighted by atomic mass is 10.1. The number of hydrogen-bond donors (Lipinski definition) is 0. The fourth-order valence-electron chi connectivity index (χ4n) is 1.47. The average Bonchev–Trinajstić information content (AvgIpc) is 2.26. The minimum Gasteiger partial charge on any atom is -0.406 e. The topological polar surface area (TPSA) is 22.1 Å². The van der Waals surface area contributed by atoms with Gasteiger partial charge in [0, 0.05) is 5.56 Å². The minimum absolute atomic E-state index is 0.00385. The van der Waals surface area contributed by atoms with Crippen molar-refractivity contribution >= 4 is 11.6 Å². The molecule has 0 aliphatic carbocycles. The highest BCUT2D eigenvalue weighted by atomic mass is 35.5. The Labute approximate surface area is 110 Å². The zero-order valence-electron chi connectivity index (χ0n) is 9.21. The molecule has 0 fully saturated rings. The number of hydrogen-bond acceptors (Lipinski definition) is 2. The van der Waals surface area contributed by atoms with Crippen molar-refractivity contribution in [2.75, 3.05) is 0 Å². The van der Waals surface area contributed by atoms with Crippen LogP contribution in [0.5, 0.6) is 5.75 Å². The van der Waals surface area contributed by atoms with E-state index in [2.05, 4.69) is 9.72 Å². The Morgan fingerprint density at radius 2 is 1.89 bits per heavy atom. The second-order valence-corrected chi connectivity index (χ2v) is 3.97. The van der Waals surface area contributed by atoms with Crippen molar-refractivity contribution in [1.29, 1.82) is 0 Å². The number of benzene rings is 1. The van der Waals surface area contributed by atoms with E-state index in [9.17, 15) is 17.6 Å². The van der Waals surface area contributed by atoms with Gasteiger partial charge in [0.15, 0.2) is 0 Å². The summed E-state index contributed by atoms with van der Waals surface area (Å²) in [4.78, 5) is 3.74. The van der Waals surface area contributed by atoms with Gasteiger partial charge in [-0.2, -0.15) is 0 Å². The fraction of sp³-hybridized carbons (Fsp3) is 0.0833. The Kier molecular flexibility index (Phi) is 3.61. The summed E-state index contributed by atoms with van der Waals surface area (Å²) in [6.45, 7) is 0. The molecule has 19 heavy (non-hydrogen) atoms. The summed E-state index contributed by atoms with van der Waals surface area (Å²) in [5, 5.41) is 0.00385. The predicted molar refractivity (Wildman–Crippen MR) is 61.3 cm³/mol. The van der Waals surface area contributed by atoms with Gasteiger partial charge < -0.3 is 4.74 Å². The van der Waals surface area contributed by atoms with Crippen LogP contribution in [-0.4, -0.2) is 11.3 Å². The lowest BCUT2D eigenvalue weighted by Crippen LogP contribution is -2.17. The molecule has 0 spiro atoms. The molecule has 1 aromatic heterocycles. The molecule has 7 heteroatoms. The van der Waals surface area contributed by atoms with Gasteiger partial charge in [0.2, 0.25) is 0 Å². The van der Waals surface area contributed by atoms with Crippen molar-refractivity contribution in [2.24, 2.45) is 0 Å². The fourth-order valence-corrected chi connectivity index (χ4v) is 1.73. The van der Waals surface area contributed by atoms with E-state index in [1.54, 1.807) is 0 Å². The first-order valence-electron chi connectivity index (χ1n) is 5.02. The third kappa shape index (κ3) is 3.57. The Balaban J connectivity index is 2.38. The Bertz CT molecular complexity index is 601. The Hall–Kier alpha value is -1.82. The molecule has 0 saturated carbocycles. The normalized spacial score (nSPS) is 11.4. The quantitative estimate of drug-likeness (QED) is 0.763. The molecule has 0 bridgehead atoms. The number of nitrogens with zero attached hydrogens (tertiary/aromatic N) is 1. The first kappa shape index (κ1) is 13.6. The molecule has 0 atom stereocenters. The molecule has 0 unspecified atom stereocenters. The van der Waals surface area contributed by atoms with Crippen molar-refractivity contribution < 1.29 is 22.3 Å². The molecule has 0 aliphatic rings. The van der Waals surface area contributed by atoms with E-state index in [0.29, 0.717) is 5.56 Å². The van der Waals surface area contributed by atoms with Crippen LogP contribution in [0.4, 0.5) is 17.6 Å². The third-order valence-electron chi connectivity index (χ3n) is 2.15. The van der Waals surface area contributed by atoms with Crippen LogP contribution in [0.3, 0.4) is 0 Å². The van der Waals surface area contributed by atoms with Crippen LogP contribution >= 0.6 is 11.6 Å². The molecule has 100 valence electrons. The van der Waals surface area contributed by atoms with Gasteiger partial charge in [-0.1, -0.05) is 23.7 Å². The van der Waals surface area contributed by atoms with E-state index in [1.807, 2.05) is 0 Å². The van der Waals surface area contributed by atoms with E-state index in [0.717, 1.165) is 24.4 Å². The summed E-state index contributed by atoms with van der Waals surface area (Å²) in [6.07, 6.45) is -3.85. The Morgan fingerprint density at radius 1 is 1.16 bits per heavy atom. The van der Waals surface area contributed by atoms with Gasteiger partial charge >= 0.3 is 6.36 Å². The number of halogens is 5. The van der Waals surface area contributed by atoms with Crippen LogP contribution in [0.15, 0.2) is 36.5 Å². The number of aromatic nitrogens is 1. The van der Waals surface area contributed by atoms with Crippen LogP contribution < -0.4 is 4.74 Å². The smallest absolute Gasteiger partial charge is 0.406 e. The van der Waals surface area contributed by atoms with Gasteiger partial charge in [-0.25, -0.2) is 4.39 Å². The van der Waals surface area contributed by atoms with Crippen LogP contribution in [0.25, 0.3) is 11.3 Å². The third-order valence-corrected chi connectivity index (χ3v) is 2.44. The monoisotopic (exact) mass is 291 g/mol. The number of alkyl halides is 3. The molecule has 0 amide bonds. The SMILES string of the molecule is Fc1cnc(-c2cccc(OC(F)(F)F)c2)c(Cl)c1. The molecular formula is C12H6ClF4NO. The molecule has 0 radical (unpaired) electrons. The van der Waals surface area contributed by atoms with E-state index in [1.165, 1.54) is 12.1 Å². The van der Waals surface area contributed by atoms with Crippen molar-refractivity contribution in [2.45, 2.75) is 6.36 Å². The van der Waals surface area contributed by atoms with E-state index in [4.69, 9.17) is 11.6 Å². The first-order valence-corrected chi connectivity index (χ1v) is 5.40. The maximum Gasteiger partial charge on any atom is 0.573 e. The number of rotatable bonds is 2. The lowest BCUT2D eigenvalue weighted by Gasteiger charge is -2.10. The molecule has 1 heterocycles. The van der Waals surface area contributed by atoms with Gasteiger partial charge in [-0.3, -0.25) is 4.98 Å². The van der Waals surface area contributed by atoms with Crippen molar-refractivity contribution in [3.05, 3.63) is 47.4 Å². The van der Waals surface area contributed by atoms with Crippen molar-refractivity contribution in [3.63, 3.8) is 0 Å². The van der Waals surface area contributed by atoms with Crippen LogP contribution in [0, 0.1) is 5.82 Å². The number of pyridine rings is 1. The average molecular weight is 292 g/mol. The minimum atomic E-state index is -4.78. The standard InChI is InChI=1S/C12H6ClF4NO/c13-10-5-8(14)6-18-11(10)7-2-1-3-9(4-7)19-12(15,16)17/h1-6H. The maximum atomic E-state index is 12.8. The summed E-state index contributed by atoms with van der Waals surface area (Å²) >= 11 is 5.78. The van der Waals surface area contributed by atoms with Crippen LogP contribution in [-0.2, 0) is 0 Å². The zero-order valence-corrected chi connectivity index (χ0v) is 9.97. The van der Waals surface area contributed by atoms with Crippen LogP contribution in [0.1, 0.15) is 0 Å². The van der Waals surface area contributed by atoms with E-state index < -0.39 is 17.9 Å². The summed E-state index contributed by atoms with van der Waals surface area (Å²) in [7, 11) is 0. The zero-order chi connectivity index (χ0) is 14.0. The molecule has 0 aliphatic heterocycles. The highest BCUT2D eigenvalue weighted by Crippen LogP contribution is 2.30. The summed E-state index contributed by atoms with van der Waals surface area (Å²) < 4.78 is 52.9. The summed E-state index contributed by atoms with van der Waals surface area (Å²) in [6, 6.07) is 6.16. The van der Waals surface area contributed by atoms with Crippen molar-refractivity contribution in [1.82, 2.24) is 4.98 Å². The molecule has 0 saturated heterocycles. The van der Waals surface area contributed by atoms with Gasteiger partial charge in [0.05, 0.1) is 16.9 Å². The first-order chi connectivity index (χ1) is 8.85. The van der Waals surface area contributed by atoms with E-state index >= 15 is 0 Å². The highest BCUT2D eigenvalue weighted by molar-refractivity contribution is 6.33. The largest absolute Gasteiger partial charge is 0.573 e. The summed E-state index contributed by atoms with van der Waals surface area (Å²) in [5.41, 5.74) is 0.474. The lowest BCUT2D eigenvalue weighted by molar-refractivity contribution is -0.274. The molecule has 2 aromatic rings.